The molecule has 1 fully saturated rings. The number of ketones is 1. The quantitative estimate of drug-likeness (QED) is 0.807. The summed E-state index contributed by atoms with van der Waals surface area (Å²) in [7, 11) is 1.57. The van der Waals surface area contributed by atoms with Gasteiger partial charge < -0.3 is 19.4 Å². The SMILES string of the molecule is COc1ccc2ccc(=O)n(CC(=O)C3CCC(NC(=O)OC(C)(C)C)CC3)c2c1. The second-order valence-electron chi connectivity index (χ2n) is 8.84. The van der Waals surface area contributed by atoms with Gasteiger partial charge in [-0.05, 0) is 70.0 Å². The lowest BCUT2D eigenvalue weighted by Gasteiger charge is -2.29. The van der Waals surface area contributed by atoms with Crippen LogP contribution in [0.1, 0.15) is 46.5 Å². The van der Waals surface area contributed by atoms with Gasteiger partial charge in [0, 0.05) is 24.1 Å². The minimum atomic E-state index is -0.536. The molecule has 0 aliphatic heterocycles. The smallest absolute Gasteiger partial charge is 0.407 e. The minimum Gasteiger partial charge on any atom is -0.497 e. The zero-order valence-corrected chi connectivity index (χ0v) is 18.1. The van der Waals surface area contributed by atoms with Crippen LogP contribution in [0.3, 0.4) is 0 Å². The molecule has 3 rings (SSSR count). The number of hydrogen-bond acceptors (Lipinski definition) is 5. The van der Waals surface area contributed by atoms with Crippen LogP contribution in [0.4, 0.5) is 4.79 Å². The Hall–Kier alpha value is -2.83. The summed E-state index contributed by atoms with van der Waals surface area (Å²) in [5.74, 6) is 0.570. The van der Waals surface area contributed by atoms with Crippen molar-refractivity contribution in [2.24, 2.45) is 5.92 Å². The van der Waals surface area contributed by atoms with Crippen molar-refractivity contribution in [2.45, 2.75) is 64.6 Å². The second-order valence-corrected chi connectivity index (χ2v) is 8.84. The summed E-state index contributed by atoms with van der Waals surface area (Å²) in [5.41, 5.74) is -0.0501. The van der Waals surface area contributed by atoms with Crippen LogP contribution in [-0.4, -0.2) is 35.2 Å². The van der Waals surface area contributed by atoms with Gasteiger partial charge in [0.15, 0.2) is 5.78 Å². The molecule has 0 unspecified atom stereocenters. The van der Waals surface area contributed by atoms with Gasteiger partial charge in [-0.1, -0.05) is 0 Å². The zero-order valence-electron chi connectivity index (χ0n) is 18.1. The molecule has 0 saturated heterocycles. The largest absolute Gasteiger partial charge is 0.497 e. The van der Waals surface area contributed by atoms with Crippen molar-refractivity contribution >= 4 is 22.8 Å². The molecule has 1 aliphatic carbocycles. The molecule has 0 bridgehead atoms. The summed E-state index contributed by atoms with van der Waals surface area (Å²) in [6.45, 7) is 5.52. The highest BCUT2D eigenvalue weighted by molar-refractivity contribution is 5.85. The van der Waals surface area contributed by atoms with E-state index in [4.69, 9.17) is 9.47 Å². The Labute approximate surface area is 176 Å². The average Bonchev–Trinajstić information content (AvgIpc) is 2.68. The Kier molecular flexibility index (Phi) is 6.48. The van der Waals surface area contributed by atoms with Gasteiger partial charge in [0.25, 0.3) is 5.56 Å². The number of benzene rings is 1. The summed E-state index contributed by atoms with van der Waals surface area (Å²) < 4.78 is 12.1. The maximum absolute atomic E-state index is 12.9. The maximum Gasteiger partial charge on any atom is 0.407 e. The van der Waals surface area contributed by atoms with E-state index in [0.717, 1.165) is 5.39 Å². The highest BCUT2D eigenvalue weighted by Crippen LogP contribution is 2.26. The fraction of sp³-hybridized carbons (Fsp3) is 0.522. The molecule has 7 nitrogen and oxygen atoms in total. The summed E-state index contributed by atoms with van der Waals surface area (Å²) >= 11 is 0. The molecule has 0 spiro atoms. The van der Waals surface area contributed by atoms with Gasteiger partial charge in [-0.3, -0.25) is 9.59 Å². The number of nitrogens with one attached hydrogen (secondary N) is 1. The molecule has 1 heterocycles. The fourth-order valence-corrected chi connectivity index (χ4v) is 3.88. The molecule has 1 amide bonds. The molecule has 2 aromatic rings. The molecular weight excluding hydrogens is 384 g/mol. The van der Waals surface area contributed by atoms with Crippen molar-refractivity contribution in [2.75, 3.05) is 7.11 Å². The van der Waals surface area contributed by atoms with E-state index >= 15 is 0 Å². The van der Waals surface area contributed by atoms with Gasteiger partial charge in [0.05, 0.1) is 19.2 Å². The predicted molar refractivity (Wildman–Crippen MR) is 115 cm³/mol. The first-order valence-corrected chi connectivity index (χ1v) is 10.4. The topological polar surface area (TPSA) is 86.6 Å². The van der Waals surface area contributed by atoms with Gasteiger partial charge in [-0.15, -0.1) is 0 Å². The highest BCUT2D eigenvalue weighted by Gasteiger charge is 2.28. The van der Waals surface area contributed by atoms with E-state index in [9.17, 15) is 14.4 Å². The lowest BCUT2D eigenvalue weighted by molar-refractivity contribution is -0.124. The lowest BCUT2D eigenvalue weighted by atomic mass is 9.83. The van der Waals surface area contributed by atoms with Crippen molar-refractivity contribution < 1.29 is 19.1 Å². The van der Waals surface area contributed by atoms with Gasteiger partial charge in [-0.25, -0.2) is 4.79 Å². The standard InChI is InChI=1S/C23H30N2O5/c1-23(2,3)30-22(28)24-17-9-5-16(6-10-17)20(26)14-25-19-13-18(29-4)11-7-15(19)8-12-21(25)27/h7-8,11-13,16-17H,5-6,9-10,14H2,1-4H3,(H,24,28). The first kappa shape index (κ1) is 21.9. The van der Waals surface area contributed by atoms with E-state index in [1.807, 2.05) is 32.9 Å². The Balaban J connectivity index is 1.63. The van der Waals surface area contributed by atoms with Gasteiger partial charge in [0.1, 0.15) is 11.4 Å². The van der Waals surface area contributed by atoms with Crippen molar-refractivity contribution in [3.05, 3.63) is 40.7 Å². The van der Waals surface area contributed by atoms with Crippen molar-refractivity contribution in [3.63, 3.8) is 0 Å². The molecule has 7 heteroatoms. The fourth-order valence-electron chi connectivity index (χ4n) is 3.88. The number of Topliss-reactive ketones (excluding diaryl/α,β-unsaturated/α-hetero) is 1. The van der Waals surface area contributed by atoms with E-state index < -0.39 is 11.7 Å². The molecular formula is C23H30N2O5. The zero-order chi connectivity index (χ0) is 21.9. The predicted octanol–water partition coefficient (Wildman–Crippen LogP) is 3.66. The number of carbonyl (C=O) groups excluding carboxylic acids is 2. The number of aromatic nitrogens is 1. The average molecular weight is 415 g/mol. The van der Waals surface area contributed by atoms with Gasteiger partial charge in [0.2, 0.25) is 0 Å². The van der Waals surface area contributed by atoms with Crippen LogP contribution >= 0.6 is 0 Å². The summed E-state index contributed by atoms with van der Waals surface area (Å²) in [4.78, 5) is 37.3. The number of amides is 1. The number of hydrogen-bond donors (Lipinski definition) is 1. The Bertz CT molecular complexity index is 981. The molecule has 1 aromatic carbocycles. The Morgan fingerprint density at radius 3 is 2.40 bits per heavy atom. The molecule has 0 atom stereocenters. The van der Waals surface area contributed by atoms with E-state index in [-0.39, 0.29) is 29.8 Å². The molecule has 1 aromatic heterocycles. The van der Waals surface area contributed by atoms with Crippen molar-refractivity contribution in [3.8, 4) is 5.75 Å². The monoisotopic (exact) mass is 414 g/mol. The third-order valence-electron chi connectivity index (χ3n) is 5.42. The van der Waals surface area contributed by atoms with Crippen LogP contribution < -0.4 is 15.6 Å². The first-order valence-electron chi connectivity index (χ1n) is 10.4. The van der Waals surface area contributed by atoms with Crippen LogP contribution in [0.25, 0.3) is 10.9 Å². The van der Waals surface area contributed by atoms with Crippen LogP contribution in [0.15, 0.2) is 35.1 Å². The van der Waals surface area contributed by atoms with E-state index in [2.05, 4.69) is 5.32 Å². The normalized spacial score (nSPS) is 19.3. The number of fused-ring (bicyclic) bond motifs is 1. The molecule has 1 aliphatic rings. The number of alkyl carbamates (subject to hydrolysis) is 1. The number of rotatable bonds is 5. The second kappa shape index (κ2) is 8.90. The number of ether oxygens (including phenoxy) is 2. The number of carbonyl (C=O) groups is 2. The first-order chi connectivity index (χ1) is 14.2. The van der Waals surface area contributed by atoms with Crippen LogP contribution in [0, 0.1) is 5.92 Å². The number of pyridine rings is 1. The Morgan fingerprint density at radius 1 is 1.10 bits per heavy atom. The lowest BCUT2D eigenvalue weighted by Crippen LogP contribution is -2.42. The van der Waals surface area contributed by atoms with Crippen LogP contribution in [-0.2, 0) is 16.1 Å². The van der Waals surface area contributed by atoms with Crippen LogP contribution in [0.5, 0.6) is 5.75 Å². The summed E-state index contributed by atoms with van der Waals surface area (Å²) in [5, 5.41) is 3.77. The molecule has 30 heavy (non-hydrogen) atoms. The third-order valence-corrected chi connectivity index (χ3v) is 5.42. The number of methoxy groups -OCH3 is 1. The van der Waals surface area contributed by atoms with Crippen molar-refractivity contribution in [1.29, 1.82) is 0 Å². The van der Waals surface area contributed by atoms with Crippen LogP contribution in [0.2, 0.25) is 0 Å². The Morgan fingerprint density at radius 2 is 1.77 bits per heavy atom. The number of nitrogens with zero attached hydrogens (tertiary/aromatic N) is 1. The maximum atomic E-state index is 12.9. The third kappa shape index (κ3) is 5.40. The van der Waals surface area contributed by atoms with E-state index in [1.165, 1.54) is 10.6 Å². The molecule has 1 saturated carbocycles. The van der Waals surface area contributed by atoms with Crippen molar-refractivity contribution in [1.82, 2.24) is 9.88 Å². The van der Waals surface area contributed by atoms with E-state index in [0.29, 0.717) is 36.9 Å². The van der Waals surface area contributed by atoms with E-state index in [1.54, 1.807) is 19.2 Å². The summed E-state index contributed by atoms with van der Waals surface area (Å²) in [6.07, 6.45) is 2.38. The van der Waals surface area contributed by atoms with Gasteiger partial charge >= 0.3 is 6.09 Å². The molecule has 0 radical (unpaired) electrons. The minimum absolute atomic E-state index is 0.00781. The molecule has 162 valence electrons. The molecule has 1 N–H and O–H groups in total. The highest BCUT2D eigenvalue weighted by atomic mass is 16.6. The summed E-state index contributed by atoms with van der Waals surface area (Å²) in [6, 6.07) is 8.74. The van der Waals surface area contributed by atoms with Gasteiger partial charge in [-0.2, -0.15) is 0 Å².